The van der Waals surface area contributed by atoms with Gasteiger partial charge >= 0.3 is 5.97 Å². The third-order valence-corrected chi connectivity index (χ3v) is 3.28. The van der Waals surface area contributed by atoms with Crippen LogP contribution in [0.5, 0.6) is 0 Å². The van der Waals surface area contributed by atoms with Gasteiger partial charge in [-0.1, -0.05) is 18.2 Å². The van der Waals surface area contributed by atoms with Gasteiger partial charge in [0.05, 0.1) is 5.56 Å². The molecule has 3 aromatic rings. The molecule has 20 heavy (non-hydrogen) atoms. The highest BCUT2D eigenvalue weighted by atomic mass is 16.4. The maximum absolute atomic E-state index is 10.9. The van der Waals surface area contributed by atoms with Crippen molar-refractivity contribution >= 4 is 22.6 Å². The summed E-state index contributed by atoms with van der Waals surface area (Å²) in [5.74, 6) is -0.915. The molecule has 0 saturated heterocycles. The molecule has 0 saturated carbocycles. The first-order valence-corrected chi connectivity index (χ1v) is 6.36. The van der Waals surface area contributed by atoms with E-state index in [2.05, 4.69) is 16.4 Å². The van der Waals surface area contributed by atoms with Crippen molar-refractivity contribution in [3.05, 3.63) is 65.9 Å². The van der Waals surface area contributed by atoms with E-state index in [0.29, 0.717) is 6.54 Å². The minimum absolute atomic E-state index is 0.287. The summed E-state index contributed by atoms with van der Waals surface area (Å²) in [5.41, 5.74) is 3.36. The fourth-order valence-electron chi connectivity index (χ4n) is 2.26. The van der Waals surface area contributed by atoms with Crippen LogP contribution in [0.4, 0.5) is 5.69 Å². The third-order valence-electron chi connectivity index (χ3n) is 3.28. The minimum Gasteiger partial charge on any atom is -0.478 e. The molecule has 0 aliphatic carbocycles. The van der Waals surface area contributed by atoms with Crippen LogP contribution in [0.3, 0.4) is 0 Å². The van der Waals surface area contributed by atoms with Crippen LogP contribution in [-0.2, 0) is 6.54 Å². The molecule has 3 rings (SSSR count). The maximum atomic E-state index is 10.9. The van der Waals surface area contributed by atoms with Crippen LogP contribution in [0, 0.1) is 0 Å². The Morgan fingerprint density at radius 1 is 1.15 bits per heavy atom. The highest BCUT2D eigenvalue weighted by Gasteiger charge is 2.04. The van der Waals surface area contributed by atoms with Gasteiger partial charge in [0.2, 0.25) is 0 Å². The molecular weight excluding hydrogens is 252 g/mol. The Hall–Kier alpha value is -2.75. The molecule has 100 valence electrons. The van der Waals surface area contributed by atoms with E-state index in [4.69, 9.17) is 5.11 Å². The van der Waals surface area contributed by atoms with Crippen LogP contribution < -0.4 is 5.32 Å². The molecule has 4 heteroatoms. The zero-order valence-corrected chi connectivity index (χ0v) is 10.8. The molecule has 0 fully saturated rings. The molecule has 0 aliphatic heterocycles. The largest absolute Gasteiger partial charge is 0.478 e. The van der Waals surface area contributed by atoms with Gasteiger partial charge in [0.25, 0.3) is 0 Å². The second-order valence-corrected chi connectivity index (χ2v) is 4.60. The lowest BCUT2D eigenvalue weighted by Gasteiger charge is -2.08. The Labute approximate surface area is 116 Å². The van der Waals surface area contributed by atoms with Crippen molar-refractivity contribution in [1.29, 1.82) is 0 Å². The monoisotopic (exact) mass is 266 g/mol. The number of hydrogen-bond acceptors (Lipinski definition) is 2. The number of carbonyl (C=O) groups is 1. The van der Waals surface area contributed by atoms with Crippen LogP contribution in [-0.4, -0.2) is 16.1 Å². The van der Waals surface area contributed by atoms with Gasteiger partial charge in [0.1, 0.15) is 0 Å². The Morgan fingerprint density at radius 3 is 2.85 bits per heavy atom. The summed E-state index contributed by atoms with van der Waals surface area (Å²) in [7, 11) is 0. The van der Waals surface area contributed by atoms with E-state index in [1.165, 1.54) is 10.9 Å². The first-order chi connectivity index (χ1) is 9.74. The second-order valence-electron chi connectivity index (χ2n) is 4.60. The number of anilines is 1. The minimum atomic E-state index is -0.915. The number of carboxylic acids is 1. The Kier molecular flexibility index (Phi) is 3.13. The lowest BCUT2D eigenvalue weighted by Crippen LogP contribution is -2.02. The summed E-state index contributed by atoms with van der Waals surface area (Å²) in [6.07, 6.45) is 1.92. The van der Waals surface area contributed by atoms with Crippen molar-refractivity contribution in [3.8, 4) is 0 Å². The molecule has 1 heterocycles. The number of benzene rings is 2. The molecule has 0 atom stereocenters. The predicted molar refractivity (Wildman–Crippen MR) is 79.0 cm³/mol. The summed E-state index contributed by atoms with van der Waals surface area (Å²) < 4.78 is 0. The highest BCUT2D eigenvalue weighted by molar-refractivity contribution is 5.88. The van der Waals surface area contributed by atoms with Crippen molar-refractivity contribution in [2.24, 2.45) is 0 Å². The average molecular weight is 266 g/mol. The van der Waals surface area contributed by atoms with E-state index in [0.717, 1.165) is 11.2 Å². The zero-order chi connectivity index (χ0) is 13.9. The summed E-state index contributed by atoms with van der Waals surface area (Å²) in [6, 6.07) is 15.0. The van der Waals surface area contributed by atoms with Gasteiger partial charge < -0.3 is 15.4 Å². The number of aromatic carboxylic acids is 1. The highest BCUT2D eigenvalue weighted by Crippen LogP contribution is 2.19. The van der Waals surface area contributed by atoms with Gasteiger partial charge in [-0.05, 0) is 35.9 Å². The first kappa shape index (κ1) is 12.3. The van der Waals surface area contributed by atoms with Crippen molar-refractivity contribution in [2.75, 3.05) is 5.32 Å². The summed E-state index contributed by atoms with van der Waals surface area (Å²) in [5, 5.41) is 13.4. The molecule has 2 aromatic carbocycles. The number of carboxylic acid groups (broad SMARTS) is 1. The topological polar surface area (TPSA) is 65.1 Å². The number of nitrogens with one attached hydrogen (secondary N) is 2. The van der Waals surface area contributed by atoms with Gasteiger partial charge in [0.15, 0.2) is 0 Å². The van der Waals surface area contributed by atoms with Crippen molar-refractivity contribution < 1.29 is 9.90 Å². The first-order valence-electron chi connectivity index (χ1n) is 6.36. The van der Waals surface area contributed by atoms with Crippen molar-refractivity contribution in [1.82, 2.24) is 4.98 Å². The quantitative estimate of drug-likeness (QED) is 0.677. The Balaban J connectivity index is 1.81. The van der Waals surface area contributed by atoms with Gasteiger partial charge in [-0.15, -0.1) is 0 Å². The van der Waals surface area contributed by atoms with Crippen LogP contribution in [0.1, 0.15) is 15.9 Å². The standard InChI is InChI=1S/C16H14N2O2/c19-16(20)11-3-1-5-13(9-11)18-10-12-4-2-6-15-14(12)7-8-17-15/h1-9,17-18H,10H2,(H,19,20). The smallest absolute Gasteiger partial charge is 0.335 e. The summed E-state index contributed by atoms with van der Waals surface area (Å²) >= 11 is 0. The van der Waals surface area contributed by atoms with E-state index in [-0.39, 0.29) is 5.56 Å². The second kappa shape index (κ2) is 5.09. The van der Waals surface area contributed by atoms with Crippen LogP contribution in [0.15, 0.2) is 54.7 Å². The molecule has 0 aliphatic rings. The predicted octanol–water partition coefficient (Wildman–Crippen LogP) is 3.48. The number of aromatic amines is 1. The molecule has 0 spiro atoms. The van der Waals surface area contributed by atoms with Gasteiger partial charge in [-0.3, -0.25) is 0 Å². The fraction of sp³-hybridized carbons (Fsp3) is 0.0625. The molecule has 1 aromatic heterocycles. The van der Waals surface area contributed by atoms with Crippen molar-refractivity contribution in [3.63, 3.8) is 0 Å². The molecule has 3 N–H and O–H groups in total. The summed E-state index contributed by atoms with van der Waals surface area (Å²) in [4.78, 5) is 14.1. The molecule has 4 nitrogen and oxygen atoms in total. The fourth-order valence-corrected chi connectivity index (χ4v) is 2.26. The SMILES string of the molecule is O=C(O)c1cccc(NCc2cccc3[nH]ccc23)c1. The lowest BCUT2D eigenvalue weighted by atomic mass is 10.1. The Morgan fingerprint density at radius 2 is 2.00 bits per heavy atom. The molecule has 0 bridgehead atoms. The van der Waals surface area contributed by atoms with Crippen molar-refractivity contribution in [2.45, 2.75) is 6.54 Å². The van der Waals surface area contributed by atoms with E-state index in [9.17, 15) is 4.79 Å². The van der Waals surface area contributed by atoms with Gasteiger partial charge in [-0.2, -0.15) is 0 Å². The van der Waals surface area contributed by atoms with Gasteiger partial charge in [-0.25, -0.2) is 4.79 Å². The molecule has 0 amide bonds. The third kappa shape index (κ3) is 2.36. The normalized spacial score (nSPS) is 10.6. The molecule has 0 radical (unpaired) electrons. The average Bonchev–Trinajstić information content (AvgIpc) is 2.94. The number of fused-ring (bicyclic) bond motifs is 1. The molecular formula is C16H14N2O2. The molecule has 0 unspecified atom stereocenters. The van der Waals surface area contributed by atoms with E-state index in [1.807, 2.05) is 30.5 Å². The van der Waals surface area contributed by atoms with Crippen LogP contribution in [0.2, 0.25) is 0 Å². The number of rotatable bonds is 4. The van der Waals surface area contributed by atoms with Gasteiger partial charge in [0, 0.05) is 29.3 Å². The summed E-state index contributed by atoms with van der Waals surface area (Å²) in [6.45, 7) is 0.651. The van der Waals surface area contributed by atoms with Crippen LogP contribution in [0.25, 0.3) is 10.9 Å². The lowest BCUT2D eigenvalue weighted by molar-refractivity contribution is 0.0697. The Bertz CT molecular complexity index is 762. The van der Waals surface area contributed by atoms with Crippen LogP contribution >= 0.6 is 0 Å². The van der Waals surface area contributed by atoms with E-state index >= 15 is 0 Å². The van der Waals surface area contributed by atoms with E-state index < -0.39 is 5.97 Å². The zero-order valence-electron chi connectivity index (χ0n) is 10.8. The number of hydrogen-bond donors (Lipinski definition) is 3. The van der Waals surface area contributed by atoms with E-state index in [1.54, 1.807) is 18.2 Å². The number of H-pyrrole nitrogens is 1. The maximum Gasteiger partial charge on any atom is 0.335 e. The number of aromatic nitrogens is 1.